The smallest absolute Gasteiger partial charge is 0.335 e. The predicted octanol–water partition coefficient (Wildman–Crippen LogP) is 3.11. The van der Waals surface area contributed by atoms with Crippen LogP contribution in [0.5, 0.6) is 0 Å². The van der Waals surface area contributed by atoms with Gasteiger partial charge in [0.05, 0.1) is 12.2 Å². The maximum Gasteiger partial charge on any atom is 0.335 e. The lowest BCUT2D eigenvalue weighted by Gasteiger charge is -2.08. The van der Waals surface area contributed by atoms with Crippen molar-refractivity contribution in [1.29, 1.82) is 0 Å². The van der Waals surface area contributed by atoms with Crippen LogP contribution in [0.2, 0.25) is 0 Å². The summed E-state index contributed by atoms with van der Waals surface area (Å²) < 4.78 is 1.67. The highest BCUT2D eigenvalue weighted by Gasteiger charge is 2.08. The van der Waals surface area contributed by atoms with E-state index in [0.717, 1.165) is 21.9 Å². The number of carboxylic acids is 1. The zero-order chi connectivity index (χ0) is 20.2. The molecule has 0 saturated carbocycles. The van der Waals surface area contributed by atoms with Crippen molar-refractivity contribution in [2.45, 2.75) is 13.1 Å². The van der Waals surface area contributed by atoms with Crippen molar-refractivity contribution in [2.24, 2.45) is 0 Å². The van der Waals surface area contributed by atoms with E-state index in [9.17, 15) is 9.59 Å². The second-order valence-corrected chi connectivity index (χ2v) is 6.72. The van der Waals surface area contributed by atoms with Crippen LogP contribution >= 0.6 is 0 Å². The number of aromatic carboxylic acids is 1. The third kappa shape index (κ3) is 4.30. The Hall–Kier alpha value is -4.00. The van der Waals surface area contributed by atoms with Gasteiger partial charge in [0, 0.05) is 5.56 Å². The number of nitrogens with one attached hydrogen (secondary N) is 1. The normalized spacial score (nSPS) is 10.8. The van der Waals surface area contributed by atoms with Crippen LogP contribution in [-0.4, -0.2) is 31.7 Å². The SMILES string of the molecule is O=C(O)c1ccc(Cc2ccc3ccc(C(=O)NCn4cnnc4)cc3c2)cc1. The summed E-state index contributed by atoms with van der Waals surface area (Å²) in [5.41, 5.74) is 2.96. The quantitative estimate of drug-likeness (QED) is 0.531. The summed E-state index contributed by atoms with van der Waals surface area (Å²) in [5.74, 6) is -1.10. The maximum absolute atomic E-state index is 12.4. The highest BCUT2D eigenvalue weighted by molar-refractivity contribution is 5.98. The summed E-state index contributed by atoms with van der Waals surface area (Å²) in [4.78, 5) is 23.4. The topological polar surface area (TPSA) is 97.1 Å². The Balaban J connectivity index is 1.51. The van der Waals surface area contributed by atoms with Gasteiger partial charge in [-0.1, -0.05) is 36.4 Å². The zero-order valence-corrected chi connectivity index (χ0v) is 15.4. The highest BCUT2D eigenvalue weighted by atomic mass is 16.4. The van der Waals surface area contributed by atoms with Crippen molar-refractivity contribution in [2.75, 3.05) is 0 Å². The van der Waals surface area contributed by atoms with E-state index in [-0.39, 0.29) is 11.5 Å². The highest BCUT2D eigenvalue weighted by Crippen LogP contribution is 2.20. The number of nitrogens with zero attached hydrogens (tertiary/aromatic N) is 3. The Bertz CT molecular complexity index is 1170. The third-order valence-corrected chi connectivity index (χ3v) is 4.66. The number of hydrogen-bond acceptors (Lipinski definition) is 4. The van der Waals surface area contributed by atoms with Crippen LogP contribution in [0.1, 0.15) is 31.8 Å². The summed E-state index contributed by atoms with van der Waals surface area (Å²) >= 11 is 0. The first-order valence-corrected chi connectivity index (χ1v) is 9.04. The number of carboxylic acid groups (broad SMARTS) is 1. The van der Waals surface area contributed by atoms with Gasteiger partial charge in [0.1, 0.15) is 12.7 Å². The first-order valence-electron chi connectivity index (χ1n) is 9.04. The van der Waals surface area contributed by atoms with Gasteiger partial charge in [-0.2, -0.15) is 0 Å². The van der Waals surface area contributed by atoms with E-state index in [1.165, 1.54) is 12.7 Å². The number of amides is 1. The van der Waals surface area contributed by atoms with Crippen LogP contribution in [0.3, 0.4) is 0 Å². The van der Waals surface area contributed by atoms with Crippen LogP contribution in [0.25, 0.3) is 10.8 Å². The maximum atomic E-state index is 12.4. The van der Waals surface area contributed by atoms with Gasteiger partial charge in [-0.05, 0) is 52.6 Å². The predicted molar refractivity (Wildman–Crippen MR) is 108 cm³/mol. The van der Waals surface area contributed by atoms with E-state index in [0.29, 0.717) is 18.7 Å². The van der Waals surface area contributed by atoms with Crippen molar-refractivity contribution in [3.05, 3.63) is 95.6 Å². The van der Waals surface area contributed by atoms with Gasteiger partial charge in [-0.15, -0.1) is 10.2 Å². The molecule has 0 radical (unpaired) electrons. The molecule has 7 nitrogen and oxygen atoms in total. The molecule has 1 amide bonds. The fourth-order valence-corrected chi connectivity index (χ4v) is 3.12. The van der Waals surface area contributed by atoms with Gasteiger partial charge >= 0.3 is 5.97 Å². The van der Waals surface area contributed by atoms with E-state index in [4.69, 9.17) is 5.11 Å². The van der Waals surface area contributed by atoms with E-state index in [2.05, 4.69) is 21.6 Å². The zero-order valence-electron chi connectivity index (χ0n) is 15.4. The molecule has 0 spiro atoms. The minimum Gasteiger partial charge on any atom is -0.478 e. The standard InChI is InChI=1S/C22H18N4O3/c27-21(23-12-26-13-24-25-14-26)19-8-7-17-4-3-16(10-20(17)11-19)9-15-1-5-18(6-2-15)22(28)29/h1-8,10-11,13-14H,9,12H2,(H,23,27)(H,28,29). The van der Waals surface area contributed by atoms with Crippen molar-refractivity contribution < 1.29 is 14.7 Å². The fraction of sp³-hybridized carbons (Fsp3) is 0.0909. The Morgan fingerprint density at radius 2 is 1.48 bits per heavy atom. The van der Waals surface area contributed by atoms with Gasteiger partial charge in [0.15, 0.2) is 0 Å². The lowest BCUT2D eigenvalue weighted by Crippen LogP contribution is -2.25. The van der Waals surface area contributed by atoms with Crippen LogP contribution in [0, 0.1) is 0 Å². The van der Waals surface area contributed by atoms with Crippen LogP contribution in [0.15, 0.2) is 73.3 Å². The van der Waals surface area contributed by atoms with Gasteiger partial charge in [-0.25, -0.2) is 4.79 Å². The molecule has 0 unspecified atom stereocenters. The number of carbonyl (C=O) groups excluding carboxylic acids is 1. The Morgan fingerprint density at radius 1 is 0.828 bits per heavy atom. The van der Waals surface area contributed by atoms with E-state index in [1.807, 2.05) is 36.4 Å². The molecule has 4 aromatic rings. The summed E-state index contributed by atoms with van der Waals surface area (Å²) in [6, 6.07) is 18.6. The molecule has 0 aliphatic carbocycles. The summed E-state index contributed by atoms with van der Waals surface area (Å²) in [5, 5.41) is 21.3. The van der Waals surface area contributed by atoms with E-state index < -0.39 is 5.97 Å². The summed E-state index contributed by atoms with van der Waals surface area (Å²) in [6.45, 7) is 0.302. The molecule has 0 saturated heterocycles. The number of aromatic nitrogens is 3. The number of benzene rings is 3. The molecular weight excluding hydrogens is 368 g/mol. The van der Waals surface area contributed by atoms with Crippen LogP contribution in [0.4, 0.5) is 0 Å². The average molecular weight is 386 g/mol. The second kappa shape index (κ2) is 7.93. The first kappa shape index (κ1) is 18.4. The molecular formula is C22H18N4O3. The molecule has 144 valence electrons. The molecule has 2 N–H and O–H groups in total. The molecule has 29 heavy (non-hydrogen) atoms. The second-order valence-electron chi connectivity index (χ2n) is 6.72. The van der Waals surface area contributed by atoms with E-state index in [1.54, 1.807) is 22.8 Å². The number of rotatable bonds is 6. The largest absolute Gasteiger partial charge is 0.478 e. The monoisotopic (exact) mass is 386 g/mol. The number of fused-ring (bicyclic) bond motifs is 1. The first-order chi connectivity index (χ1) is 14.1. The minimum atomic E-state index is -0.933. The molecule has 4 rings (SSSR count). The summed E-state index contributed by atoms with van der Waals surface area (Å²) in [7, 11) is 0. The fourth-order valence-electron chi connectivity index (χ4n) is 3.12. The van der Waals surface area contributed by atoms with Crippen molar-refractivity contribution in [3.63, 3.8) is 0 Å². The Labute approximate surface area is 166 Å². The minimum absolute atomic E-state index is 0.171. The van der Waals surface area contributed by atoms with Gasteiger partial charge < -0.3 is 15.0 Å². The van der Waals surface area contributed by atoms with Crippen molar-refractivity contribution in [1.82, 2.24) is 20.1 Å². The third-order valence-electron chi connectivity index (χ3n) is 4.66. The summed E-state index contributed by atoms with van der Waals surface area (Å²) in [6.07, 6.45) is 3.76. The molecule has 1 aromatic heterocycles. The lowest BCUT2D eigenvalue weighted by molar-refractivity contribution is 0.0696. The van der Waals surface area contributed by atoms with Gasteiger partial charge in [0.25, 0.3) is 5.91 Å². The number of carbonyl (C=O) groups is 2. The van der Waals surface area contributed by atoms with Crippen LogP contribution in [-0.2, 0) is 13.1 Å². The van der Waals surface area contributed by atoms with Crippen molar-refractivity contribution in [3.8, 4) is 0 Å². The molecule has 7 heteroatoms. The van der Waals surface area contributed by atoms with Crippen molar-refractivity contribution >= 4 is 22.6 Å². The molecule has 0 fully saturated rings. The molecule has 1 heterocycles. The molecule has 0 atom stereocenters. The van der Waals surface area contributed by atoms with Gasteiger partial charge in [0.2, 0.25) is 0 Å². The lowest BCUT2D eigenvalue weighted by atomic mass is 9.99. The molecule has 0 aliphatic heterocycles. The molecule has 0 aliphatic rings. The Morgan fingerprint density at radius 3 is 2.21 bits per heavy atom. The molecule has 3 aromatic carbocycles. The number of hydrogen-bond donors (Lipinski definition) is 2. The molecule has 0 bridgehead atoms. The van der Waals surface area contributed by atoms with Crippen LogP contribution < -0.4 is 5.32 Å². The Kier molecular flexibility index (Phi) is 5.03. The van der Waals surface area contributed by atoms with E-state index >= 15 is 0 Å². The average Bonchev–Trinajstić information content (AvgIpc) is 3.25. The van der Waals surface area contributed by atoms with Gasteiger partial charge in [-0.3, -0.25) is 4.79 Å².